The average Bonchev–Trinajstić information content (AvgIpc) is 2.49. The predicted molar refractivity (Wildman–Crippen MR) is 48.9 cm³/mol. The number of hydrogen-bond acceptors (Lipinski definition) is 3. The Bertz CT molecular complexity index is 361. The lowest BCUT2D eigenvalue weighted by Gasteiger charge is -1.80. The van der Waals surface area contributed by atoms with Gasteiger partial charge in [0.05, 0.1) is 6.26 Å². The van der Waals surface area contributed by atoms with Crippen LogP contribution in [-0.4, -0.2) is 10.9 Å². The van der Waals surface area contributed by atoms with Crippen molar-refractivity contribution in [1.29, 1.82) is 0 Å². The Balaban J connectivity index is 0.000000184. The molecule has 0 aliphatic carbocycles. The minimum absolute atomic E-state index is 0.333. The maximum Gasteiger partial charge on any atom is 0.225 e. The van der Waals surface area contributed by atoms with E-state index in [1.807, 2.05) is 18.2 Å². The molecule has 68 valence electrons. The first-order chi connectivity index (χ1) is 6.20. The van der Waals surface area contributed by atoms with Crippen molar-refractivity contribution in [1.82, 2.24) is 4.98 Å². The van der Waals surface area contributed by atoms with Crippen molar-refractivity contribution < 1.29 is 9.21 Å². The molecule has 0 radical (unpaired) electrons. The van der Waals surface area contributed by atoms with Crippen molar-refractivity contribution in [2.24, 2.45) is 5.73 Å². The smallest absolute Gasteiger partial charge is 0.225 e. The molecule has 0 aliphatic heterocycles. The van der Waals surface area contributed by atoms with E-state index < -0.39 is 0 Å². The summed E-state index contributed by atoms with van der Waals surface area (Å²) in [6.45, 7) is 1.31. The monoisotopic (exact) mass is 178 g/mol. The Hall–Kier alpha value is -1.84. The molecule has 13 heavy (non-hydrogen) atoms. The Morgan fingerprint density at radius 2 is 2.23 bits per heavy atom. The summed E-state index contributed by atoms with van der Waals surface area (Å²) in [6.07, 6.45) is 3.35. The molecular formula is C9H10N2O2. The highest BCUT2D eigenvalue weighted by atomic mass is 16.3. The lowest BCUT2D eigenvalue weighted by molar-refractivity contribution is -0.115. The van der Waals surface area contributed by atoms with E-state index in [1.165, 1.54) is 6.92 Å². The molecule has 2 aromatic rings. The van der Waals surface area contributed by atoms with Crippen molar-refractivity contribution in [3.63, 3.8) is 0 Å². The van der Waals surface area contributed by atoms with Crippen LogP contribution in [0.2, 0.25) is 0 Å². The highest BCUT2D eigenvalue weighted by molar-refractivity contribution is 5.72. The average molecular weight is 178 g/mol. The summed E-state index contributed by atoms with van der Waals surface area (Å²) in [5.41, 5.74) is 5.18. The number of carbonyl (C=O) groups is 1. The van der Waals surface area contributed by atoms with Crippen LogP contribution in [0, 0.1) is 0 Å². The summed E-state index contributed by atoms with van der Waals surface area (Å²) in [5.74, 6) is -0.333. The molecule has 2 aromatic heterocycles. The van der Waals surface area contributed by atoms with Gasteiger partial charge in [0.1, 0.15) is 0 Å². The molecule has 1 amide bonds. The van der Waals surface area contributed by atoms with E-state index in [0.717, 1.165) is 5.39 Å². The second kappa shape index (κ2) is 4.25. The molecule has 0 fully saturated rings. The van der Waals surface area contributed by atoms with E-state index in [9.17, 15) is 4.79 Å². The van der Waals surface area contributed by atoms with Crippen LogP contribution in [0.25, 0.3) is 11.1 Å². The number of furan rings is 1. The number of rotatable bonds is 0. The summed E-state index contributed by atoms with van der Waals surface area (Å²) in [6, 6.07) is 5.74. The van der Waals surface area contributed by atoms with E-state index in [0.29, 0.717) is 5.71 Å². The molecule has 2 heterocycles. The number of carbonyl (C=O) groups excluding carboxylic acids is 1. The molecule has 4 heteroatoms. The van der Waals surface area contributed by atoms with Gasteiger partial charge in [-0.2, -0.15) is 0 Å². The first-order valence-corrected chi connectivity index (χ1v) is 3.74. The van der Waals surface area contributed by atoms with E-state index >= 15 is 0 Å². The molecule has 0 atom stereocenters. The summed E-state index contributed by atoms with van der Waals surface area (Å²) in [5, 5.41) is 1.05. The minimum atomic E-state index is -0.333. The van der Waals surface area contributed by atoms with Crippen LogP contribution >= 0.6 is 0 Å². The van der Waals surface area contributed by atoms with Gasteiger partial charge in [0, 0.05) is 18.5 Å². The van der Waals surface area contributed by atoms with Crippen molar-refractivity contribution in [3.05, 3.63) is 30.7 Å². The fourth-order valence-electron chi connectivity index (χ4n) is 0.800. The summed E-state index contributed by atoms with van der Waals surface area (Å²) < 4.78 is 5.01. The Morgan fingerprint density at radius 3 is 2.85 bits per heavy atom. The van der Waals surface area contributed by atoms with Gasteiger partial charge in [-0.25, -0.2) is 4.98 Å². The van der Waals surface area contributed by atoms with Crippen LogP contribution in [0.4, 0.5) is 0 Å². The quantitative estimate of drug-likeness (QED) is 0.661. The van der Waals surface area contributed by atoms with Crippen LogP contribution in [0.3, 0.4) is 0 Å². The largest absolute Gasteiger partial charge is 0.446 e. The lowest BCUT2D eigenvalue weighted by atomic mass is 10.4. The van der Waals surface area contributed by atoms with Gasteiger partial charge in [-0.1, -0.05) is 0 Å². The van der Waals surface area contributed by atoms with Gasteiger partial charge in [0.15, 0.2) is 0 Å². The third kappa shape index (κ3) is 2.94. The third-order valence-electron chi connectivity index (χ3n) is 1.23. The molecule has 4 nitrogen and oxygen atoms in total. The summed E-state index contributed by atoms with van der Waals surface area (Å²) in [4.78, 5) is 13.2. The standard InChI is InChI=1S/C7H5NO.C2H5NO/c1-2-6-3-5-9-7(6)8-4-1;1-2(3)4/h1-5H;1H3,(H2,3,4). The third-order valence-corrected chi connectivity index (χ3v) is 1.23. The van der Waals surface area contributed by atoms with Gasteiger partial charge in [0.25, 0.3) is 0 Å². The van der Waals surface area contributed by atoms with Gasteiger partial charge in [0.2, 0.25) is 11.6 Å². The fraction of sp³-hybridized carbons (Fsp3) is 0.111. The zero-order valence-corrected chi connectivity index (χ0v) is 7.23. The van der Waals surface area contributed by atoms with E-state index in [2.05, 4.69) is 10.7 Å². The number of amides is 1. The highest BCUT2D eigenvalue weighted by Gasteiger charge is 1.91. The number of nitrogens with zero attached hydrogens (tertiary/aromatic N) is 1. The Morgan fingerprint density at radius 1 is 1.54 bits per heavy atom. The molecule has 0 saturated carbocycles. The van der Waals surface area contributed by atoms with Crippen molar-refractivity contribution in [2.75, 3.05) is 0 Å². The minimum Gasteiger partial charge on any atom is -0.446 e. The molecule has 0 unspecified atom stereocenters. The van der Waals surface area contributed by atoms with Crippen molar-refractivity contribution in [2.45, 2.75) is 6.92 Å². The lowest BCUT2D eigenvalue weighted by Crippen LogP contribution is -2.01. The van der Waals surface area contributed by atoms with Crippen LogP contribution in [0.1, 0.15) is 6.92 Å². The maximum absolute atomic E-state index is 9.22. The summed E-state index contributed by atoms with van der Waals surface area (Å²) in [7, 11) is 0. The second-order valence-electron chi connectivity index (χ2n) is 2.43. The van der Waals surface area contributed by atoms with Crippen molar-refractivity contribution in [3.8, 4) is 0 Å². The molecule has 0 bridgehead atoms. The summed E-state index contributed by atoms with van der Waals surface area (Å²) >= 11 is 0. The zero-order valence-electron chi connectivity index (χ0n) is 7.23. The van der Waals surface area contributed by atoms with E-state index in [1.54, 1.807) is 12.5 Å². The number of fused-ring (bicyclic) bond motifs is 1. The number of nitrogens with two attached hydrogens (primary N) is 1. The van der Waals surface area contributed by atoms with Gasteiger partial charge in [-0.15, -0.1) is 0 Å². The Labute approximate surface area is 75.4 Å². The first-order valence-electron chi connectivity index (χ1n) is 3.74. The van der Waals surface area contributed by atoms with Gasteiger partial charge >= 0.3 is 0 Å². The predicted octanol–water partition coefficient (Wildman–Crippen LogP) is 1.32. The van der Waals surface area contributed by atoms with Crippen LogP contribution in [-0.2, 0) is 4.79 Å². The highest BCUT2D eigenvalue weighted by Crippen LogP contribution is 2.09. The maximum atomic E-state index is 9.22. The molecule has 0 saturated heterocycles. The molecule has 2 rings (SSSR count). The van der Waals surface area contributed by atoms with Crippen LogP contribution < -0.4 is 5.73 Å². The molecule has 2 N–H and O–H groups in total. The van der Waals surface area contributed by atoms with Gasteiger partial charge in [-0.05, 0) is 18.2 Å². The zero-order chi connectivity index (χ0) is 9.68. The molecule has 0 aliphatic rings. The molecule has 0 spiro atoms. The SMILES string of the molecule is CC(N)=O.c1cnc2occc2c1. The molecular weight excluding hydrogens is 168 g/mol. The number of hydrogen-bond donors (Lipinski definition) is 1. The van der Waals surface area contributed by atoms with E-state index in [4.69, 9.17) is 4.42 Å². The molecule has 0 aromatic carbocycles. The second-order valence-corrected chi connectivity index (χ2v) is 2.43. The van der Waals surface area contributed by atoms with E-state index in [-0.39, 0.29) is 5.91 Å². The first kappa shape index (κ1) is 9.25. The van der Waals surface area contributed by atoms with Gasteiger partial charge in [-0.3, -0.25) is 4.79 Å². The number of aromatic nitrogens is 1. The van der Waals surface area contributed by atoms with Crippen LogP contribution in [0.15, 0.2) is 35.1 Å². The number of pyridine rings is 1. The normalized spacial score (nSPS) is 9.00. The number of primary amides is 1. The Kier molecular flexibility index (Phi) is 3.03. The van der Waals surface area contributed by atoms with Gasteiger partial charge < -0.3 is 10.2 Å². The fourth-order valence-corrected chi connectivity index (χ4v) is 0.800. The topological polar surface area (TPSA) is 69.1 Å². The van der Waals surface area contributed by atoms with Crippen LogP contribution in [0.5, 0.6) is 0 Å². The van der Waals surface area contributed by atoms with Crippen molar-refractivity contribution >= 4 is 17.0 Å².